The Bertz CT molecular complexity index is 275. The van der Waals surface area contributed by atoms with E-state index in [-0.39, 0.29) is 5.56 Å². The second kappa shape index (κ2) is 2.41. The fourth-order valence-corrected chi connectivity index (χ4v) is 0.569. The van der Waals surface area contributed by atoms with Crippen LogP contribution >= 0.6 is 0 Å². The summed E-state index contributed by atoms with van der Waals surface area (Å²) in [5.41, 5.74) is 4.57. The Morgan fingerprint density at radius 3 is 2.64 bits per heavy atom. The van der Waals surface area contributed by atoms with Crippen molar-refractivity contribution in [3.63, 3.8) is 0 Å². The normalized spacial score (nSPS) is 9.45. The van der Waals surface area contributed by atoms with Gasteiger partial charge in [0, 0.05) is 0 Å². The molecule has 1 aromatic rings. The van der Waals surface area contributed by atoms with E-state index in [1.165, 1.54) is 0 Å². The van der Waals surface area contributed by atoms with Crippen molar-refractivity contribution in [2.45, 2.75) is 0 Å². The van der Waals surface area contributed by atoms with Gasteiger partial charge in [-0.15, -0.1) is 0 Å². The molecule has 0 saturated heterocycles. The average Bonchev–Trinajstić information content (AvgIpc) is 2.32. The van der Waals surface area contributed by atoms with Crippen LogP contribution < -0.4 is 5.73 Å². The first-order valence-corrected chi connectivity index (χ1v) is 2.60. The van der Waals surface area contributed by atoms with Crippen LogP contribution in [0.25, 0.3) is 0 Å². The Morgan fingerprint density at radius 2 is 2.27 bits per heavy atom. The number of nitrogens with zero attached hydrogens (tertiary/aromatic N) is 1. The van der Waals surface area contributed by atoms with Gasteiger partial charge in [-0.1, -0.05) is 5.16 Å². The van der Waals surface area contributed by atoms with Crippen LogP contribution in [0.2, 0.25) is 0 Å². The number of aromatic nitrogens is 1. The van der Waals surface area contributed by atoms with Crippen LogP contribution in [0.1, 0.15) is 20.9 Å². The molecule has 0 saturated carbocycles. The van der Waals surface area contributed by atoms with Gasteiger partial charge in [-0.3, -0.25) is 4.79 Å². The van der Waals surface area contributed by atoms with Gasteiger partial charge in [0.1, 0.15) is 5.56 Å². The summed E-state index contributed by atoms with van der Waals surface area (Å²) in [6, 6.07) is 0. The fraction of sp³-hybridized carbons (Fsp3) is 0. The second-order valence-electron chi connectivity index (χ2n) is 1.74. The molecule has 1 aromatic heterocycles. The summed E-state index contributed by atoms with van der Waals surface area (Å²) in [6.45, 7) is 0. The Morgan fingerprint density at radius 1 is 1.64 bits per heavy atom. The minimum atomic E-state index is -1.36. The highest BCUT2D eigenvalue weighted by atomic mass is 16.5. The molecule has 0 radical (unpaired) electrons. The lowest BCUT2D eigenvalue weighted by Crippen LogP contribution is -2.13. The monoisotopic (exact) mass is 156 g/mol. The maximum atomic E-state index is 10.4. The van der Waals surface area contributed by atoms with E-state index in [9.17, 15) is 9.59 Å². The van der Waals surface area contributed by atoms with E-state index in [1.54, 1.807) is 0 Å². The molecule has 0 bridgehead atoms. The van der Waals surface area contributed by atoms with Crippen molar-refractivity contribution < 1.29 is 19.2 Å². The van der Waals surface area contributed by atoms with E-state index in [2.05, 4.69) is 9.68 Å². The molecule has 0 atom stereocenters. The molecule has 0 aliphatic heterocycles. The average molecular weight is 156 g/mol. The topological polar surface area (TPSA) is 106 Å². The summed E-state index contributed by atoms with van der Waals surface area (Å²) in [4.78, 5) is 20.7. The zero-order valence-electron chi connectivity index (χ0n) is 5.27. The number of rotatable bonds is 2. The van der Waals surface area contributed by atoms with Crippen LogP contribution in [-0.2, 0) is 0 Å². The first kappa shape index (κ1) is 7.26. The third-order valence-electron chi connectivity index (χ3n) is 1.03. The second-order valence-corrected chi connectivity index (χ2v) is 1.74. The summed E-state index contributed by atoms with van der Waals surface area (Å²) in [7, 11) is 0. The molecule has 6 nitrogen and oxygen atoms in total. The maximum absolute atomic E-state index is 10.4. The molecule has 11 heavy (non-hydrogen) atoms. The third-order valence-corrected chi connectivity index (χ3v) is 1.03. The fourth-order valence-electron chi connectivity index (χ4n) is 0.569. The molecule has 1 heterocycles. The van der Waals surface area contributed by atoms with Crippen molar-refractivity contribution >= 4 is 11.9 Å². The first-order chi connectivity index (χ1) is 5.13. The Kier molecular flexibility index (Phi) is 1.59. The lowest BCUT2D eigenvalue weighted by molar-refractivity contribution is 0.0646. The van der Waals surface area contributed by atoms with Crippen molar-refractivity contribution in [1.29, 1.82) is 0 Å². The van der Waals surface area contributed by atoms with E-state index < -0.39 is 17.6 Å². The Balaban J connectivity index is 3.16. The molecule has 0 aliphatic rings. The number of amides is 1. The molecule has 1 rings (SSSR count). The van der Waals surface area contributed by atoms with Crippen LogP contribution in [0.5, 0.6) is 0 Å². The zero-order valence-corrected chi connectivity index (χ0v) is 5.27. The predicted molar refractivity (Wildman–Crippen MR) is 32.0 cm³/mol. The van der Waals surface area contributed by atoms with Crippen LogP contribution in [0.4, 0.5) is 0 Å². The summed E-state index contributed by atoms with van der Waals surface area (Å²) in [5.74, 6) is -2.77. The van der Waals surface area contributed by atoms with Gasteiger partial charge in [-0.2, -0.15) is 0 Å². The molecule has 0 unspecified atom stereocenters. The van der Waals surface area contributed by atoms with Gasteiger partial charge in [0.05, 0.1) is 6.20 Å². The van der Waals surface area contributed by atoms with Gasteiger partial charge in [0.25, 0.3) is 11.7 Å². The largest absolute Gasteiger partial charge is 0.475 e. The van der Waals surface area contributed by atoms with Crippen LogP contribution in [-0.4, -0.2) is 22.1 Å². The molecule has 58 valence electrons. The smallest absolute Gasteiger partial charge is 0.375 e. The molecular formula is C5H4N2O4. The number of carboxylic acid groups (broad SMARTS) is 1. The SMILES string of the molecule is NC(=O)c1cnoc1C(=O)O. The third kappa shape index (κ3) is 1.18. The van der Waals surface area contributed by atoms with Gasteiger partial charge >= 0.3 is 5.97 Å². The maximum Gasteiger partial charge on any atom is 0.375 e. The van der Waals surface area contributed by atoms with Crippen LogP contribution in [0.3, 0.4) is 0 Å². The highest BCUT2D eigenvalue weighted by Gasteiger charge is 2.19. The number of nitrogens with two attached hydrogens (primary N) is 1. The number of carbonyl (C=O) groups is 2. The van der Waals surface area contributed by atoms with Gasteiger partial charge in [-0.25, -0.2) is 4.79 Å². The van der Waals surface area contributed by atoms with Crippen molar-refractivity contribution in [1.82, 2.24) is 5.16 Å². The highest BCUT2D eigenvalue weighted by molar-refractivity contribution is 6.01. The molecule has 0 aromatic carbocycles. The molecular weight excluding hydrogens is 152 g/mol. The zero-order chi connectivity index (χ0) is 8.43. The number of carbonyl (C=O) groups excluding carboxylic acids is 1. The molecule has 0 aliphatic carbocycles. The van der Waals surface area contributed by atoms with Crippen LogP contribution in [0.15, 0.2) is 10.7 Å². The van der Waals surface area contributed by atoms with Gasteiger partial charge < -0.3 is 15.4 Å². The Labute approximate surface area is 60.6 Å². The summed E-state index contributed by atoms with van der Waals surface area (Å²) < 4.78 is 4.24. The van der Waals surface area contributed by atoms with Crippen molar-refractivity contribution in [2.24, 2.45) is 5.73 Å². The van der Waals surface area contributed by atoms with Crippen LogP contribution in [0, 0.1) is 0 Å². The molecule has 0 spiro atoms. The van der Waals surface area contributed by atoms with Gasteiger partial charge in [0.2, 0.25) is 0 Å². The number of hydrogen-bond acceptors (Lipinski definition) is 4. The predicted octanol–water partition coefficient (Wildman–Crippen LogP) is -0.528. The van der Waals surface area contributed by atoms with E-state index in [0.717, 1.165) is 6.20 Å². The number of carboxylic acids is 1. The van der Waals surface area contributed by atoms with Crippen molar-refractivity contribution in [3.8, 4) is 0 Å². The standard InChI is InChI=1S/C5H4N2O4/c6-4(8)2-1-7-11-3(2)5(9)10/h1H,(H2,6,8)(H,9,10). The Hall–Kier alpha value is -1.85. The quantitative estimate of drug-likeness (QED) is 0.598. The van der Waals surface area contributed by atoms with Crippen molar-refractivity contribution in [2.75, 3.05) is 0 Å². The van der Waals surface area contributed by atoms with Gasteiger partial charge in [-0.05, 0) is 0 Å². The van der Waals surface area contributed by atoms with E-state index in [4.69, 9.17) is 10.8 Å². The van der Waals surface area contributed by atoms with E-state index in [1.807, 2.05) is 0 Å². The van der Waals surface area contributed by atoms with Gasteiger partial charge in [0.15, 0.2) is 0 Å². The summed E-state index contributed by atoms with van der Waals surface area (Å²) >= 11 is 0. The molecule has 3 N–H and O–H groups in total. The van der Waals surface area contributed by atoms with Crippen molar-refractivity contribution in [3.05, 3.63) is 17.5 Å². The van der Waals surface area contributed by atoms with E-state index >= 15 is 0 Å². The lowest BCUT2D eigenvalue weighted by Gasteiger charge is -1.87. The molecule has 6 heteroatoms. The number of aromatic carboxylic acids is 1. The number of hydrogen-bond donors (Lipinski definition) is 2. The number of primary amides is 1. The molecule has 1 amide bonds. The summed E-state index contributed by atoms with van der Waals surface area (Å²) in [6.07, 6.45) is 0.964. The minimum absolute atomic E-state index is 0.225. The minimum Gasteiger partial charge on any atom is -0.475 e. The highest BCUT2D eigenvalue weighted by Crippen LogP contribution is 2.05. The first-order valence-electron chi connectivity index (χ1n) is 2.60. The van der Waals surface area contributed by atoms with E-state index in [0.29, 0.717) is 0 Å². The lowest BCUT2D eigenvalue weighted by atomic mass is 10.2. The summed E-state index contributed by atoms with van der Waals surface area (Å²) in [5, 5.41) is 11.5. The molecule has 0 fully saturated rings.